The average Bonchev–Trinajstić information content (AvgIpc) is 3.06. The second-order valence-electron chi connectivity index (χ2n) is 6.76. The summed E-state index contributed by atoms with van der Waals surface area (Å²) < 4.78 is 2.05. The molecule has 6 heteroatoms. The lowest BCUT2D eigenvalue weighted by molar-refractivity contribution is 0.409. The largest absolute Gasteiger partial charge is 0.508 e. The lowest BCUT2D eigenvalue weighted by atomic mass is 9.80. The molecule has 6 nitrogen and oxygen atoms in total. The summed E-state index contributed by atoms with van der Waals surface area (Å²) >= 11 is 0. The number of rotatable bonds is 4. The summed E-state index contributed by atoms with van der Waals surface area (Å²) in [7, 11) is 0. The van der Waals surface area contributed by atoms with E-state index < -0.39 is 0 Å². The van der Waals surface area contributed by atoms with E-state index in [9.17, 15) is 5.11 Å². The van der Waals surface area contributed by atoms with Crippen molar-refractivity contribution in [2.24, 2.45) is 10.9 Å². The maximum absolute atomic E-state index is 9.90. The van der Waals surface area contributed by atoms with Crippen LogP contribution in [-0.2, 0) is 5.41 Å². The third-order valence-corrected chi connectivity index (χ3v) is 4.80. The van der Waals surface area contributed by atoms with Gasteiger partial charge in [0.25, 0.3) is 0 Å². The molecule has 0 amide bonds. The van der Waals surface area contributed by atoms with Gasteiger partial charge in [-0.1, -0.05) is 19.1 Å². The molecule has 2 atom stereocenters. The Labute approximate surface area is 146 Å². The molecule has 1 aliphatic carbocycles. The van der Waals surface area contributed by atoms with E-state index in [1.54, 1.807) is 12.3 Å². The number of aliphatic hydroxyl groups is 1. The van der Waals surface area contributed by atoms with Crippen LogP contribution >= 0.6 is 0 Å². The Kier molecular flexibility index (Phi) is 3.87. The molecule has 128 valence electrons. The normalized spacial score (nSPS) is 25.3. The van der Waals surface area contributed by atoms with Gasteiger partial charge in [0, 0.05) is 42.7 Å². The first-order valence-corrected chi connectivity index (χ1v) is 8.49. The molecule has 3 heterocycles. The van der Waals surface area contributed by atoms with Crippen LogP contribution in [0.1, 0.15) is 25.5 Å². The summed E-state index contributed by atoms with van der Waals surface area (Å²) in [5.74, 6) is 1.48. The Morgan fingerprint density at radius 1 is 1.40 bits per heavy atom. The molecule has 2 aromatic heterocycles. The van der Waals surface area contributed by atoms with Crippen molar-refractivity contribution in [2.45, 2.75) is 25.2 Å². The van der Waals surface area contributed by atoms with Gasteiger partial charge in [-0.15, -0.1) is 0 Å². The van der Waals surface area contributed by atoms with Crippen LogP contribution in [0.4, 0.5) is 5.82 Å². The van der Waals surface area contributed by atoms with E-state index in [1.165, 1.54) is 0 Å². The number of allylic oxidation sites excluding steroid dienone is 3. The highest BCUT2D eigenvalue weighted by molar-refractivity contribution is 5.64. The van der Waals surface area contributed by atoms with Gasteiger partial charge in [0.05, 0.1) is 11.9 Å². The van der Waals surface area contributed by atoms with Crippen molar-refractivity contribution in [1.29, 1.82) is 0 Å². The summed E-state index contributed by atoms with van der Waals surface area (Å²) in [5, 5.41) is 13.3. The van der Waals surface area contributed by atoms with Crippen molar-refractivity contribution in [1.82, 2.24) is 14.4 Å². The third kappa shape index (κ3) is 2.95. The van der Waals surface area contributed by atoms with Crippen LogP contribution in [0.3, 0.4) is 0 Å². The highest BCUT2D eigenvalue weighted by atomic mass is 16.3. The predicted molar refractivity (Wildman–Crippen MR) is 99.0 cm³/mol. The van der Waals surface area contributed by atoms with Gasteiger partial charge < -0.3 is 10.4 Å². The maximum Gasteiger partial charge on any atom is 0.180 e. The smallest absolute Gasteiger partial charge is 0.180 e. The highest BCUT2D eigenvalue weighted by Crippen LogP contribution is 2.34. The van der Waals surface area contributed by atoms with Gasteiger partial charge in [-0.05, 0) is 25.0 Å². The van der Waals surface area contributed by atoms with Crippen molar-refractivity contribution in [2.75, 3.05) is 11.9 Å². The van der Waals surface area contributed by atoms with Crippen molar-refractivity contribution in [3.05, 3.63) is 60.5 Å². The third-order valence-electron chi connectivity index (χ3n) is 4.80. The van der Waals surface area contributed by atoms with Gasteiger partial charge >= 0.3 is 0 Å². The molecule has 0 saturated heterocycles. The molecule has 0 fully saturated rings. The molecule has 1 aliphatic heterocycles. The number of nitrogens with one attached hydrogen (secondary N) is 1. The van der Waals surface area contributed by atoms with E-state index in [-0.39, 0.29) is 5.41 Å². The molecule has 0 aromatic carbocycles. The Morgan fingerprint density at radius 3 is 3.12 bits per heavy atom. The van der Waals surface area contributed by atoms with Crippen molar-refractivity contribution in [3.8, 4) is 0 Å². The average molecular weight is 335 g/mol. The first-order valence-electron chi connectivity index (χ1n) is 8.49. The van der Waals surface area contributed by atoms with Crippen LogP contribution in [0.5, 0.6) is 0 Å². The Morgan fingerprint density at radius 2 is 2.32 bits per heavy atom. The van der Waals surface area contributed by atoms with Crippen molar-refractivity contribution < 1.29 is 5.11 Å². The lowest BCUT2D eigenvalue weighted by Gasteiger charge is -2.26. The minimum absolute atomic E-state index is 0.292. The zero-order valence-electron chi connectivity index (χ0n) is 14.1. The Hall–Kier alpha value is -2.89. The first-order chi connectivity index (χ1) is 12.2. The van der Waals surface area contributed by atoms with Crippen LogP contribution in [0.15, 0.2) is 59.8 Å². The molecule has 25 heavy (non-hydrogen) atoms. The number of aromatic nitrogens is 3. The minimum atomic E-state index is -0.292. The summed E-state index contributed by atoms with van der Waals surface area (Å²) in [6.45, 7) is 2.90. The monoisotopic (exact) mass is 335 g/mol. The number of anilines is 1. The zero-order chi connectivity index (χ0) is 17.3. The van der Waals surface area contributed by atoms with E-state index in [4.69, 9.17) is 0 Å². The summed E-state index contributed by atoms with van der Waals surface area (Å²) in [6.07, 6.45) is 18.8. The Balaban J connectivity index is 1.63. The summed E-state index contributed by atoms with van der Waals surface area (Å²) in [4.78, 5) is 13.1. The molecule has 4 rings (SSSR count). The fraction of sp³-hybridized carbons (Fsp3) is 0.316. The molecule has 0 radical (unpaired) electrons. The second kappa shape index (κ2) is 6.20. The molecule has 2 aliphatic rings. The first kappa shape index (κ1) is 15.6. The quantitative estimate of drug-likeness (QED) is 0.898. The van der Waals surface area contributed by atoms with E-state index in [0.29, 0.717) is 11.7 Å². The van der Waals surface area contributed by atoms with Gasteiger partial charge in [-0.25, -0.2) is 9.97 Å². The Bertz CT molecular complexity index is 908. The molecule has 2 unspecified atom stereocenters. The number of fused-ring (bicyclic) bond motifs is 1. The van der Waals surface area contributed by atoms with Crippen LogP contribution in [0.2, 0.25) is 0 Å². The molecule has 0 saturated carbocycles. The SMILES string of the molecule is CC1(c2cnc3c(NCC4C=CN=CC4)nccn23)C=C(O)C=CC1. The maximum atomic E-state index is 9.90. The molecule has 2 aromatic rings. The van der Waals surface area contributed by atoms with Crippen LogP contribution in [0.25, 0.3) is 5.65 Å². The van der Waals surface area contributed by atoms with E-state index >= 15 is 0 Å². The van der Waals surface area contributed by atoms with Crippen molar-refractivity contribution in [3.63, 3.8) is 0 Å². The van der Waals surface area contributed by atoms with Crippen LogP contribution in [0, 0.1) is 5.92 Å². The summed E-state index contributed by atoms with van der Waals surface area (Å²) in [6, 6.07) is 0. The topological polar surface area (TPSA) is 74.8 Å². The van der Waals surface area contributed by atoms with Crippen molar-refractivity contribution >= 4 is 17.7 Å². The van der Waals surface area contributed by atoms with Crippen LogP contribution in [-0.4, -0.2) is 32.2 Å². The molecular weight excluding hydrogens is 314 g/mol. The highest BCUT2D eigenvalue weighted by Gasteiger charge is 2.29. The molecule has 0 bridgehead atoms. The summed E-state index contributed by atoms with van der Waals surface area (Å²) in [5.41, 5.74) is 1.54. The lowest BCUT2D eigenvalue weighted by Crippen LogP contribution is -2.23. The van der Waals surface area contributed by atoms with E-state index in [1.807, 2.05) is 37.0 Å². The number of imidazole rings is 1. The number of nitrogens with zero attached hydrogens (tertiary/aromatic N) is 4. The number of hydrogen-bond acceptors (Lipinski definition) is 5. The molecule has 0 spiro atoms. The van der Waals surface area contributed by atoms with Crippen LogP contribution < -0.4 is 5.32 Å². The fourth-order valence-electron chi connectivity index (χ4n) is 3.39. The number of aliphatic imine (C=N–C) groups is 1. The fourth-order valence-corrected chi connectivity index (χ4v) is 3.39. The van der Waals surface area contributed by atoms with Gasteiger partial charge in [0.1, 0.15) is 5.76 Å². The van der Waals surface area contributed by atoms with E-state index in [2.05, 4.69) is 37.7 Å². The standard InChI is InChI=1S/C19H21N5O/c1-19(6-2-3-15(25)11-19)16-13-23-18-17(21-9-10-24(16)18)22-12-14-4-7-20-8-5-14/h2-4,7-11,13-14,25H,5-6,12H2,1H3,(H,21,22). The number of hydrogen-bond donors (Lipinski definition) is 2. The molecule has 2 N–H and O–H groups in total. The zero-order valence-corrected chi connectivity index (χ0v) is 14.1. The van der Waals surface area contributed by atoms with E-state index in [0.717, 1.165) is 36.5 Å². The van der Waals surface area contributed by atoms with Gasteiger partial charge in [-0.3, -0.25) is 9.39 Å². The minimum Gasteiger partial charge on any atom is -0.508 e. The van der Waals surface area contributed by atoms with Gasteiger partial charge in [-0.2, -0.15) is 0 Å². The second-order valence-corrected chi connectivity index (χ2v) is 6.76. The van der Waals surface area contributed by atoms with Gasteiger partial charge in [0.2, 0.25) is 0 Å². The molecular formula is C19H21N5O. The van der Waals surface area contributed by atoms with Gasteiger partial charge in [0.15, 0.2) is 11.5 Å². The predicted octanol–water partition coefficient (Wildman–Crippen LogP) is 3.41. The number of aliphatic hydroxyl groups excluding tert-OH is 1.